The third-order valence-corrected chi connectivity index (χ3v) is 4.98. The number of hydrogen-bond donors (Lipinski definition) is 1. The van der Waals surface area contributed by atoms with E-state index in [2.05, 4.69) is 45.2 Å². The van der Waals surface area contributed by atoms with Crippen LogP contribution in [-0.4, -0.2) is 29.6 Å². The van der Waals surface area contributed by atoms with Gasteiger partial charge >= 0.3 is 0 Å². The fraction of sp³-hybridized carbons (Fsp3) is 0.938. The van der Waals surface area contributed by atoms with E-state index in [0.717, 1.165) is 38.1 Å². The second-order valence-corrected chi connectivity index (χ2v) is 7.43. The highest BCUT2D eigenvalue weighted by Gasteiger charge is 2.30. The van der Waals surface area contributed by atoms with Crippen LogP contribution < -0.4 is 0 Å². The molecule has 3 heteroatoms. The second kappa shape index (κ2) is 7.56. The molecular weight excluding hydrogens is 254 g/mol. The highest BCUT2D eigenvalue weighted by Crippen LogP contribution is 2.34. The zero-order valence-corrected chi connectivity index (χ0v) is 14.0. The van der Waals surface area contributed by atoms with Crippen LogP contribution >= 0.6 is 12.6 Å². The molecule has 1 amide bonds. The van der Waals surface area contributed by atoms with Crippen molar-refractivity contribution in [2.45, 2.75) is 59.8 Å². The molecular formula is C16H31NOS. The van der Waals surface area contributed by atoms with Crippen molar-refractivity contribution in [3.63, 3.8) is 0 Å². The average Bonchev–Trinajstić information content (AvgIpc) is 2.51. The molecule has 0 radical (unpaired) electrons. The van der Waals surface area contributed by atoms with Crippen LogP contribution in [0.2, 0.25) is 0 Å². The number of thiol groups is 1. The maximum atomic E-state index is 12.2. The summed E-state index contributed by atoms with van der Waals surface area (Å²) in [5.74, 6) is 2.47. The van der Waals surface area contributed by atoms with E-state index in [1.165, 1.54) is 12.8 Å². The number of rotatable bonds is 5. The zero-order chi connectivity index (χ0) is 14.5. The van der Waals surface area contributed by atoms with Crippen molar-refractivity contribution in [1.82, 2.24) is 4.90 Å². The molecule has 1 saturated heterocycles. The molecule has 112 valence electrons. The fourth-order valence-electron chi connectivity index (χ4n) is 3.06. The molecule has 2 atom stereocenters. The summed E-state index contributed by atoms with van der Waals surface area (Å²) >= 11 is 4.43. The lowest BCUT2D eigenvalue weighted by molar-refractivity contribution is -0.131. The molecule has 0 aromatic carbocycles. The highest BCUT2D eigenvalue weighted by atomic mass is 32.1. The first-order valence-corrected chi connectivity index (χ1v) is 8.40. The van der Waals surface area contributed by atoms with Gasteiger partial charge in [0.05, 0.1) is 0 Å². The quantitative estimate of drug-likeness (QED) is 0.757. The third kappa shape index (κ3) is 5.37. The van der Waals surface area contributed by atoms with E-state index in [4.69, 9.17) is 0 Å². The zero-order valence-electron chi connectivity index (χ0n) is 13.1. The van der Waals surface area contributed by atoms with Gasteiger partial charge < -0.3 is 4.90 Å². The van der Waals surface area contributed by atoms with Gasteiger partial charge in [0.15, 0.2) is 0 Å². The van der Waals surface area contributed by atoms with Gasteiger partial charge in [0.1, 0.15) is 0 Å². The summed E-state index contributed by atoms with van der Waals surface area (Å²) in [6.07, 6.45) is 5.29. The van der Waals surface area contributed by atoms with Gasteiger partial charge in [-0.15, -0.1) is 0 Å². The molecule has 0 aromatic heterocycles. The van der Waals surface area contributed by atoms with Crippen LogP contribution in [0.25, 0.3) is 0 Å². The van der Waals surface area contributed by atoms with Gasteiger partial charge in [-0.2, -0.15) is 12.6 Å². The predicted octanol–water partition coefficient (Wildman–Crippen LogP) is 4.01. The minimum absolute atomic E-state index is 0.322. The Kier molecular flexibility index (Phi) is 6.72. The van der Waals surface area contributed by atoms with Crippen molar-refractivity contribution in [2.24, 2.45) is 17.3 Å². The number of carbonyl (C=O) groups is 1. The first-order chi connectivity index (χ1) is 8.88. The van der Waals surface area contributed by atoms with Crippen LogP contribution in [0, 0.1) is 17.3 Å². The Labute approximate surface area is 124 Å². The van der Waals surface area contributed by atoms with Gasteiger partial charge in [-0.1, -0.05) is 34.1 Å². The minimum atomic E-state index is 0.322. The van der Waals surface area contributed by atoms with Crippen molar-refractivity contribution in [3.05, 3.63) is 0 Å². The number of amides is 1. The molecule has 2 unspecified atom stereocenters. The van der Waals surface area contributed by atoms with Crippen molar-refractivity contribution in [2.75, 3.05) is 18.8 Å². The van der Waals surface area contributed by atoms with E-state index >= 15 is 0 Å². The largest absolute Gasteiger partial charge is 0.342 e. The van der Waals surface area contributed by atoms with Crippen LogP contribution in [0.5, 0.6) is 0 Å². The van der Waals surface area contributed by atoms with Crippen LogP contribution in [0.3, 0.4) is 0 Å². The molecule has 0 N–H and O–H groups in total. The Morgan fingerprint density at radius 1 is 1.37 bits per heavy atom. The maximum absolute atomic E-state index is 12.2. The lowest BCUT2D eigenvalue weighted by atomic mass is 9.77. The van der Waals surface area contributed by atoms with Gasteiger partial charge in [0.25, 0.3) is 0 Å². The lowest BCUT2D eigenvalue weighted by Gasteiger charge is -2.30. The number of nitrogens with zero attached hydrogens (tertiary/aromatic N) is 1. The average molecular weight is 285 g/mol. The summed E-state index contributed by atoms with van der Waals surface area (Å²) in [6.45, 7) is 10.9. The van der Waals surface area contributed by atoms with Gasteiger partial charge in [-0.05, 0) is 42.3 Å². The molecule has 0 aromatic rings. The molecule has 0 spiro atoms. The minimum Gasteiger partial charge on any atom is -0.342 e. The molecule has 19 heavy (non-hydrogen) atoms. The van der Waals surface area contributed by atoms with E-state index in [9.17, 15) is 4.79 Å². The van der Waals surface area contributed by atoms with Gasteiger partial charge in [-0.3, -0.25) is 4.79 Å². The van der Waals surface area contributed by atoms with Crippen molar-refractivity contribution < 1.29 is 4.79 Å². The second-order valence-electron chi connectivity index (χ2n) is 7.07. The molecule has 2 nitrogen and oxygen atoms in total. The molecule has 1 fully saturated rings. The van der Waals surface area contributed by atoms with Crippen molar-refractivity contribution >= 4 is 18.5 Å². The summed E-state index contributed by atoms with van der Waals surface area (Å²) in [5, 5.41) is 0. The van der Waals surface area contributed by atoms with Crippen LogP contribution in [-0.2, 0) is 4.79 Å². The predicted molar refractivity (Wildman–Crippen MR) is 85.6 cm³/mol. The summed E-state index contributed by atoms with van der Waals surface area (Å²) in [5.41, 5.74) is 0.322. The van der Waals surface area contributed by atoms with E-state index < -0.39 is 0 Å². The Balaban J connectivity index is 2.58. The van der Waals surface area contributed by atoms with E-state index in [-0.39, 0.29) is 0 Å². The Hall–Kier alpha value is -0.180. The SMILES string of the molecule is CCCC(CS)CN1CCC(C(C)(C)C)CCC1=O. The van der Waals surface area contributed by atoms with Gasteiger partial charge in [0.2, 0.25) is 5.91 Å². The lowest BCUT2D eigenvalue weighted by Crippen LogP contribution is -2.35. The Morgan fingerprint density at radius 3 is 2.58 bits per heavy atom. The summed E-state index contributed by atoms with van der Waals surface area (Å²) in [7, 11) is 0. The normalized spacial score (nSPS) is 23.3. The third-order valence-electron chi connectivity index (χ3n) is 4.47. The molecule has 1 heterocycles. The number of likely N-dealkylation sites (tertiary alicyclic amines) is 1. The Morgan fingerprint density at radius 2 is 2.05 bits per heavy atom. The van der Waals surface area contributed by atoms with Crippen molar-refractivity contribution in [3.8, 4) is 0 Å². The fourth-order valence-corrected chi connectivity index (χ4v) is 3.35. The first-order valence-electron chi connectivity index (χ1n) is 7.77. The summed E-state index contributed by atoms with van der Waals surface area (Å²) < 4.78 is 0. The van der Waals surface area contributed by atoms with Crippen molar-refractivity contribution in [1.29, 1.82) is 0 Å². The molecule has 1 rings (SSSR count). The Bertz CT molecular complexity index is 285. The standard InChI is InChI=1S/C16H31NOS/c1-5-6-13(12-19)11-17-10-9-14(16(2,3)4)7-8-15(17)18/h13-14,19H,5-12H2,1-4H3. The number of carbonyl (C=O) groups excluding carboxylic acids is 1. The van der Waals surface area contributed by atoms with E-state index in [0.29, 0.717) is 23.2 Å². The van der Waals surface area contributed by atoms with Crippen LogP contribution in [0.1, 0.15) is 59.8 Å². The monoisotopic (exact) mass is 285 g/mol. The first kappa shape index (κ1) is 16.9. The maximum Gasteiger partial charge on any atom is 0.222 e. The molecule has 1 aliphatic heterocycles. The van der Waals surface area contributed by atoms with Crippen LogP contribution in [0.15, 0.2) is 0 Å². The summed E-state index contributed by atoms with van der Waals surface area (Å²) in [6, 6.07) is 0. The number of hydrogen-bond acceptors (Lipinski definition) is 2. The van der Waals surface area contributed by atoms with Gasteiger partial charge in [0, 0.05) is 19.5 Å². The molecule has 0 bridgehead atoms. The molecule has 0 aliphatic carbocycles. The van der Waals surface area contributed by atoms with Crippen LogP contribution in [0.4, 0.5) is 0 Å². The van der Waals surface area contributed by atoms with Gasteiger partial charge in [-0.25, -0.2) is 0 Å². The smallest absolute Gasteiger partial charge is 0.222 e. The van der Waals surface area contributed by atoms with E-state index in [1.54, 1.807) is 0 Å². The van der Waals surface area contributed by atoms with E-state index in [1.807, 2.05) is 0 Å². The topological polar surface area (TPSA) is 20.3 Å². The summed E-state index contributed by atoms with van der Waals surface area (Å²) in [4.78, 5) is 14.3. The molecule has 1 aliphatic rings. The molecule has 0 saturated carbocycles. The highest BCUT2D eigenvalue weighted by molar-refractivity contribution is 7.80.